The molecule has 0 aliphatic carbocycles. The summed E-state index contributed by atoms with van der Waals surface area (Å²) in [6, 6.07) is 4.01. The number of rotatable bonds is 5. The monoisotopic (exact) mass is 273 g/mol. The standard InChI is InChI=1S/C15H23N5/c1-10(2)8-20-15(17-9-18-20)7-14(16)13-5-11(3)19-12(4)6-13/h5-6,9-10,14H,7-8,16H2,1-4H3. The lowest BCUT2D eigenvalue weighted by molar-refractivity contribution is 0.459. The fraction of sp³-hybridized carbons (Fsp3) is 0.533. The number of nitrogens with zero attached hydrogens (tertiary/aromatic N) is 4. The van der Waals surface area contributed by atoms with E-state index in [-0.39, 0.29) is 6.04 Å². The number of aromatic nitrogens is 4. The molecule has 5 heteroatoms. The van der Waals surface area contributed by atoms with E-state index in [0.717, 1.165) is 29.3 Å². The molecule has 0 radical (unpaired) electrons. The van der Waals surface area contributed by atoms with Crippen LogP contribution in [0.25, 0.3) is 0 Å². The molecule has 0 fully saturated rings. The number of aryl methyl sites for hydroxylation is 2. The van der Waals surface area contributed by atoms with Gasteiger partial charge in [0.1, 0.15) is 12.2 Å². The van der Waals surface area contributed by atoms with Crippen LogP contribution < -0.4 is 5.73 Å². The molecule has 2 aromatic rings. The molecule has 0 amide bonds. The first kappa shape index (κ1) is 14.7. The molecule has 5 nitrogen and oxygen atoms in total. The van der Waals surface area contributed by atoms with Gasteiger partial charge in [-0.1, -0.05) is 13.8 Å². The van der Waals surface area contributed by atoms with E-state index in [9.17, 15) is 0 Å². The van der Waals surface area contributed by atoms with E-state index in [4.69, 9.17) is 5.73 Å². The maximum absolute atomic E-state index is 6.31. The van der Waals surface area contributed by atoms with E-state index in [1.807, 2.05) is 30.7 Å². The second-order valence-corrected chi connectivity index (χ2v) is 5.75. The predicted octanol–water partition coefficient (Wildman–Crippen LogP) is 2.19. The molecule has 1 atom stereocenters. The van der Waals surface area contributed by atoms with Crippen molar-refractivity contribution in [3.8, 4) is 0 Å². The van der Waals surface area contributed by atoms with Crippen molar-refractivity contribution < 1.29 is 0 Å². The zero-order chi connectivity index (χ0) is 14.7. The first-order chi connectivity index (χ1) is 9.45. The quantitative estimate of drug-likeness (QED) is 0.906. The fourth-order valence-electron chi connectivity index (χ4n) is 2.34. The molecule has 0 saturated carbocycles. The van der Waals surface area contributed by atoms with Crippen LogP contribution in [0.3, 0.4) is 0 Å². The highest BCUT2D eigenvalue weighted by atomic mass is 15.3. The highest BCUT2D eigenvalue weighted by Gasteiger charge is 2.13. The lowest BCUT2D eigenvalue weighted by Gasteiger charge is -2.14. The van der Waals surface area contributed by atoms with Crippen LogP contribution in [0.5, 0.6) is 0 Å². The van der Waals surface area contributed by atoms with Crippen molar-refractivity contribution in [2.75, 3.05) is 0 Å². The third-order valence-electron chi connectivity index (χ3n) is 3.17. The largest absolute Gasteiger partial charge is 0.324 e. The predicted molar refractivity (Wildman–Crippen MR) is 79.2 cm³/mol. The molecule has 1 unspecified atom stereocenters. The molecule has 0 bridgehead atoms. The Balaban J connectivity index is 2.15. The molecule has 2 heterocycles. The van der Waals surface area contributed by atoms with Crippen molar-refractivity contribution in [3.63, 3.8) is 0 Å². The maximum Gasteiger partial charge on any atom is 0.138 e. The molecule has 2 N–H and O–H groups in total. The summed E-state index contributed by atoms with van der Waals surface area (Å²) in [6.07, 6.45) is 2.29. The summed E-state index contributed by atoms with van der Waals surface area (Å²) in [4.78, 5) is 8.72. The second-order valence-electron chi connectivity index (χ2n) is 5.75. The minimum atomic E-state index is -0.0782. The Morgan fingerprint density at radius 1 is 1.20 bits per heavy atom. The van der Waals surface area contributed by atoms with Gasteiger partial charge in [-0.3, -0.25) is 4.98 Å². The third kappa shape index (κ3) is 3.63. The van der Waals surface area contributed by atoms with Gasteiger partial charge in [0.05, 0.1) is 0 Å². The van der Waals surface area contributed by atoms with Gasteiger partial charge in [-0.05, 0) is 37.5 Å². The summed E-state index contributed by atoms with van der Waals surface area (Å²) in [5.74, 6) is 1.48. The molecule has 108 valence electrons. The average molecular weight is 273 g/mol. The Labute approximate surface area is 120 Å². The topological polar surface area (TPSA) is 69.6 Å². The minimum Gasteiger partial charge on any atom is -0.324 e. The summed E-state index contributed by atoms with van der Waals surface area (Å²) in [7, 11) is 0. The smallest absolute Gasteiger partial charge is 0.138 e. The normalized spacial score (nSPS) is 12.9. The Hall–Kier alpha value is -1.75. The van der Waals surface area contributed by atoms with Crippen LogP contribution in [0.4, 0.5) is 0 Å². The van der Waals surface area contributed by atoms with Crippen molar-refractivity contribution in [1.29, 1.82) is 0 Å². The molecule has 0 aliphatic heterocycles. The summed E-state index contributed by atoms with van der Waals surface area (Å²) in [5.41, 5.74) is 9.42. The Morgan fingerprint density at radius 3 is 2.45 bits per heavy atom. The summed E-state index contributed by atoms with van der Waals surface area (Å²) in [5, 5.41) is 4.28. The number of pyridine rings is 1. The number of hydrogen-bond donors (Lipinski definition) is 1. The Morgan fingerprint density at radius 2 is 1.85 bits per heavy atom. The van der Waals surface area contributed by atoms with Crippen LogP contribution >= 0.6 is 0 Å². The van der Waals surface area contributed by atoms with Crippen molar-refractivity contribution in [3.05, 3.63) is 41.2 Å². The van der Waals surface area contributed by atoms with E-state index in [1.165, 1.54) is 0 Å². The second kappa shape index (κ2) is 6.13. The molecular weight excluding hydrogens is 250 g/mol. The molecule has 20 heavy (non-hydrogen) atoms. The van der Waals surface area contributed by atoms with E-state index in [0.29, 0.717) is 12.3 Å². The maximum atomic E-state index is 6.31. The van der Waals surface area contributed by atoms with Gasteiger partial charge in [0, 0.05) is 30.4 Å². The van der Waals surface area contributed by atoms with E-state index in [1.54, 1.807) is 6.33 Å². The Bertz CT molecular complexity index is 553. The first-order valence-electron chi connectivity index (χ1n) is 7.03. The SMILES string of the molecule is Cc1cc(C(N)Cc2ncnn2CC(C)C)cc(C)n1. The van der Waals surface area contributed by atoms with Gasteiger partial charge < -0.3 is 5.73 Å². The van der Waals surface area contributed by atoms with Gasteiger partial charge in [0.25, 0.3) is 0 Å². The highest BCUT2D eigenvalue weighted by molar-refractivity contribution is 5.24. The Kier molecular flexibility index (Phi) is 4.49. The van der Waals surface area contributed by atoms with Gasteiger partial charge in [-0.15, -0.1) is 0 Å². The summed E-state index contributed by atoms with van der Waals surface area (Å²) in [6.45, 7) is 9.19. The van der Waals surface area contributed by atoms with Crippen LogP contribution in [-0.2, 0) is 13.0 Å². The lowest BCUT2D eigenvalue weighted by Crippen LogP contribution is -2.18. The van der Waals surface area contributed by atoms with E-state index in [2.05, 4.69) is 28.9 Å². The lowest BCUT2D eigenvalue weighted by atomic mass is 10.0. The number of nitrogens with two attached hydrogens (primary N) is 1. The first-order valence-corrected chi connectivity index (χ1v) is 7.03. The van der Waals surface area contributed by atoms with Crippen LogP contribution in [0.2, 0.25) is 0 Å². The van der Waals surface area contributed by atoms with Gasteiger partial charge in [-0.2, -0.15) is 5.10 Å². The summed E-state index contributed by atoms with van der Waals surface area (Å²) >= 11 is 0. The number of hydrogen-bond acceptors (Lipinski definition) is 4. The summed E-state index contributed by atoms with van der Waals surface area (Å²) < 4.78 is 1.95. The molecule has 0 spiro atoms. The minimum absolute atomic E-state index is 0.0782. The van der Waals surface area contributed by atoms with Gasteiger partial charge in [0.2, 0.25) is 0 Å². The zero-order valence-corrected chi connectivity index (χ0v) is 12.7. The van der Waals surface area contributed by atoms with Crippen LogP contribution in [-0.4, -0.2) is 19.7 Å². The molecule has 0 aromatic carbocycles. The fourth-order valence-corrected chi connectivity index (χ4v) is 2.34. The van der Waals surface area contributed by atoms with E-state index < -0.39 is 0 Å². The van der Waals surface area contributed by atoms with Crippen molar-refractivity contribution in [2.45, 2.75) is 46.7 Å². The van der Waals surface area contributed by atoms with Crippen LogP contribution in [0.1, 0.15) is 42.7 Å². The van der Waals surface area contributed by atoms with Crippen molar-refractivity contribution >= 4 is 0 Å². The third-order valence-corrected chi connectivity index (χ3v) is 3.17. The average Bonchev–Trinajstić information content (AvgIpc) is 2.74. The van der Waals surface area contributed by atoms with Gasteiger partial charge >= 0.3 is 0 Å². The molecule has 2 rings (SSSR count). The van der Waals surface area contributed by atoms with Crippen molar-refractivity contribution in [2.24, 2.45) is 11.7 Å². The molecule has 0 aliphatic rings. The molecule has 0 saturated heterocycles. The van der Waals surface area contributed by atoms with Crippen molar-refractivity contribution in [1.82, 2.24) is 19.7 Å². The molecular formula is C15H23N5. The van der Waals surface area contributed by atoms with Crippen LogP contribution in [0, 0.1) is 19.8 Å². The molecule has 2 aromatic heterocycles. The van der Waals surface area contributed by atoms with E-state index >= 15 is 0 Å². The van der Waals surface area contributed by atoms with Gasteiger partial charge in [0.15, 0.2) is 0 Å². The van der Waals surface area contributed by atoms with Gasteiger partial charge in [-0.25, -0.2) is 9.67 Å². The highest BCUT2D eigenvalue weighted by Crippen LogP contribution is 2.17. The zero-order valence-electron chi connectivity index (χ0n) is 12.7. The van der Waals surface area contributed by atoms with Crippen LogP contribution in [0.15, 0.2) is 18.5 Å².